The molecule has 1 N–H and O–H groups in total. The first kappa shape index (κ1) is 12.1. The quantitative estimate of drug-likeness (QED) is 0.484. The van der Waals surface area contributed by atoms with Crippen LogP contribution in [0.2, 0.25) is 0 Å². The molecule has 0 aliphatic heterocycles. The second kappa shape index (κ2) is 5.23. The highest BCUT2D eigenvalue weighted by molar-refractivity contribution is 7.14. The summed E-state index contributed by atoms with van der Waals surface area (Å²) in [5.74, 6) is -1.07. The fourth-order valence-electron chi connectivity index (χ4n) is 0.943. The van der Waals surface area contributed by atoms with Crippen molar-refractivity contribution in [3.05, 3.63) is 52.8 Å². The minimum atomic E-state index is -1.07. The molecule has 0 saturated carbocycles. The van der Waals surface area contributed by atoms with Crippen molar-refractivity contribution < 1.29 is 14.7 Å². The van der Waals surface area contributed by atoms with E-state index in [1.807, 2.05) is 0 Å². The highest BCUT2D eigenvalue weighted by Crippen LogP contribution is 2.23. The Labute approximate surface area is 97.0 Å². The van der Waals surface area contributed by atoms with Crippen molar-refractivity contribution in [3.63, 3.8) is 0 Å². The number of hydrogen-bond donors (Lipinski definition) is 1. The van der Waals surface area contributed by atoms with Gasteiger partial charge in [0, 0.05) is 4.88 Å². The summed E-state index contributed by atoms with van der Waals surface area (Å²) in [5.41, 5.74) is 0.647. The number of allylic oxidation sites excluding steroid dienone is 2. The Morgan fingerprint density at radius 2 is 2.00 bits per heavy atom. The van der Waals surface area contributed by atoms with E-state index in [4.69, 9.17) is 5.11 Å². The lowest BCUT2D eigenvalue weighted by Gasteiger charge is -1.94. The number of carbonyl (C=O) groups excluding carboxylic acids is 1. The zero-order valence-electron chi connectivity index (χ0n) is 8.47. The number of carboxylic acid groups (broad SMARTS) is 1. The number of carbonyl (C=O) groups is 2. The van der Waals surface area contributed by atoms with Gasteiger partial charge in [0.05, 0.1) is 10.5 Å². The third-order valence-electron chi connectivity index (χ3n) is 1.82. The van der Waals surface area contributed by atoms with Crippen molar-refractivity contribution in [1.82, 2.24) is 0 Å². The van der Waals surface area contributed by atoms with Gasteiger partial charge in [-0.2, -0.15) is 0 Å². The fraction of sp³-hybridized carbons (Fsp3) is 0. The largest absolute Gasteiger partial charge is 0.478 e. The minimum absolute atomic E-state index is 0.00619. The van der Waals surface area contributed by atoms with E-state index in [-0.39, 0.29) is 5.57 Å². The van der Waals surface area contributed by atoms with Crippen LogP contribution in [0.25, 0.3) is 5.57 Å². The van der Waals surface area contributed by atoms with E-state index < -0.39 is 5.97 Å². The molecule has 0 radical (unpaired) electrons. The molecule has 0 saturated heterocycles. The van der Waals surface area contributed by atoms with Gasteiger partial charge in [0.15, 0.2) is 6.29 Å². The Morgan fingerprint density at radius 1 is 1.31 bits per heavy atom. The van der Waals surface area contributed by atoms with Gasteiger partial charge < -0.3 is 5.11 Å². The smallest absolute Gasteiger partial charge is 0.335 e. The SMILES string of the molecule is C=C(C=CC(=C)c1ccc(C=O)s1)C(=O)O. The van der Waals surface area contributed by atoms with Crippen LogP contribution in [0.1, 0.15) is 14.5 Å². The van der Waals surface area contributed by atoms with E-state index >= 15 is 0 Å². The van der Waals surface area contributed by atoms with Crippen LogP contribution in [0, 0.1) is 0 Å². The van der Waals surface area contributed by atoms with Gasteiger partial charge >= 0.3 is 5.97 Å². The van der Waals surface area contributed by atoms with Gasteiger partial charge in [-0.1, -0.05) is 19.2 Å². The molecule has 0 spiro atoms. The van der Waals surface area contributed by atoms with Gasteiger partial charge in [-0.25, -0.2) is 4.79 Å². The molecule has 1 rings (SSSR count). The second-order valence-corrected chi connectivity index (χ2v) is 4.12. The molecular formula is C12H10O3S. The molecule has 0 atom stereocenters. The van der Waals surface area contributed by atoms with E-state index in [9.17, 15) is 9.59 Å². The Hall–Kier alpha value is -1.94. The van der Waals surface area contributed by atoms with Crippen LogP contribution in [0.4, 0.5) is 0 Å². The van der Waals surface area contributed by atoms with E-state index in [1.54, 1.807) is 18.2 Å². The molecule has 4 heteroatoms. The fourth-order valence-corrected chi connectivity index (χ4v) is 1.72. The van der Waals surface area contributed by atoms with Crippen LogP contribution in [-0.2, 0) is 4.79 Å². The average molecular weight is 234 g/mol. The predicted octanol–water partition coefficient (Wildman–Crippen LogP) is 2.77. The van der Waals surface area contributed by atoms with Gasteiger partial charge in [0.2, 0.25) is 0 Å². The van der Waals surface area contributed by atoms with Crippen molar-refractivity contribution in [2.45, 2.75) is 0 Å². The summed E-state index contributed by atoms with van der Waals surface area (Å²) in [6, 6.07) is 3.46. The van der Waals surface area contributed by atoms with Gasteiger partial charge in [-0.3, -0.25) is 4.79 Å². The number of aliphatic carboxylic acids is 1. The summed E-state index contributed by atoms with van der Waals surface area (Å²) in [7, 11) is 0. The molecule has 0 bridgehead atoms. The van der Waals surface area contributed by atoms with Gasteiger partial charge in [-0.05, 0) is 23.8 Å². The average Bonchev–Trinajstić information content (AvgIpc) is 2.73. The lowest BCUT2D eigenvalue weighted by molar-refractivity contribution is -0.132. The predicted molar refractivity (Wildman–Crippen MR) is 64.7 cm³/mol. The van der Waals surface area contributed by atoms with E-state index in [0.717, 1.165) is 11.2 Å². The first-order chi connectivity index (χ1) is 7.54. The van der Waals surface area contributed by atoms with Gasteiger partial charge in [-0.15, -0.1) is 11.3 Å². The summed E-state index contributed by atoms with van der Waals surface area (Å²) in [4.78, 5) is 22.4. The molecule has 1 heterocycles. The monoisotopic (exact) mass is 234 g/mol. The Morgan fingerprint density at radius 3 is 2.50 bits per heavy atom. The second-order valence-electron chi connectivity index (χ2n) is 3.01. The van der Waals surface area contributed by atoms with Crippen LogP contribution in [0.15, 0.2) is 43.0 Å². The normalized spacial score (nSPS) is 10.2. The minimum Gasteiger partial charge on any atom is -0.478 e. The van der Waals surface area contributed by atoms with Crippen LogP contribution < -0.4 is 0 Å². The highest BCUT2D eigenvalue weighted by atomic mass is 32.1. The Bertz CT molecular complexity index is 480. The van der Waals surface area contributed by atoms with Crippen molar-refractivity contribution >= 4 is 29.2 Å². The number of carboxylic acids is 1. The molecule has 3 nitrogen and oxygen atoms in total. The van der Waals surface area contributed by atoms with Crippen molar-refractivity contribution in [2.75, 3.05) is 0 Å². The van der Waals surface area contributed by atoms with Crippen molar-refractivity contribution in [3.8, 4) is 0 Å². The summed E-state index contributed by atoms with van der Waals surface area (Å²) in [6.07, 6.45) is 3.71. The summed E-state index contributed by atoms with van der Waals surface area (Å²) < 4.78 is 0. The first-order valence-corrected chi connectivity index (χ1v) is 5.21. The first-order valence-electron chi connectivity index (χ1n) is 4.39. The van der Waals surface area contributed by atoms with E-state index in [2.05, 4.69) is 13.2 Å². The van der Waals surface area contributed by atoms with Crippen LogP contribution >= 0.6 is 11.3 Å². The third kappa shape index (κ3) is 3.03. The molecule has 0 aromatic carbocycles. The molecular weight excluding hydrogens is 224 g/mol. The maximum absolute atomic E-state index is 10.5. The standard InChI is InChI=1S/C12H10O3S/c1-8(3-4-9(2)12(14)15)11-6-5-10(7-13)16-11/h3-7H,1-2H2,(H,14,15). The summed E-state index contributed by atoms with van der Waals surface area (Å²) in [5, 5.41) is 8.58. The topological polar surface area (TPSA) is 54.4 Å². The molecule has 0 aliphatic rings. The number of thiophene rings is 1. The van der Waals surface area contributed by atoms with E-state index in [0.29, 0.717) is 10.5 Å². The molecule has 0 fully saturated rings. The maximum Gasteiger partial charge on any atom is 0.335 e. The van der Waals surface area contributed by atoms with Crippen LogP contribution in [0.5, 0.6) is 0 Å². The molecule has 0 amide bonds. The molecule has 0 unspecified atom stereocenters. The van der Waals surface area contributed by atoms with Gasteiger partial charge in [0.25, 0.3) is 0 Å². The van der Waals surface area contributed by atoms with Crippen LogP contribution in [-0.4, -0.2) is 17.4 Å². The van der Waals surface area contributed by atoms with Crippen molar-refractivity contribution in [2.24, 2.45) is 0 Å². The number of aldehydes is 1. The number of hydrogen-bond acceptors (Lipinski definition) is 3. The van der Waals surface area contributed by atoms with Crippen molar-refractivity contribution in [1.29, 1.82) is 0 Å². The zero-order chi connectivity index (χ0) is 12.1. The zero-order valence-corrected chi connectivity index (χ0v) is 9.29. The third-order valence-corrected chi connectivity index (χ3v) is 2.91. The lowest BCUT2D eigenvalue weighted by atomic mass is 10.2. The van der Waals surface area contributed by atoms with E-state index in [1.165, 1.54) is 17.4 Å². The molecule has 82 valence electrons. The summed E-state index contributed by atoms with van der Waals surface area (Å²) >= 11 is 1.31. The molecule has 1 aromatic rings. The number of rotatable bonds is 5. The molecule has 0 aliphatic carbocycles. The maximum atomic E-state index is 10.5. The Kier molecular flexibility index (Phi) is 3.96. The highest BCUT2D eigenvalue weighted by Gasteiger charge is 2.02. The Balaban J connectivity index is 2.76. The van der Waals surface area contributed by atoms with Gasteiger partial charge in [0.1, 0.15) is 0 Å². The molecule has 16 heavy (non-hydrogen) atoms. The summed E-state index contributed by atoms with van der Waals surface area (Å²) in [6.45, 7) is 7.14. The van der Waals surface area contributed by atoms with Crippen LogP contribution in [0.3, 0.4) is 0 Å². The molecule has 1 aromatic heterocycles. The lowest BCUT2D eigenvalue weighted by Crippen LogP contribution is -1.94.